The van der Waals surface area contributed by atoms with Gasteiger partial charge in [-0.2, -0.15) is 0 Å². The molecule has 0 heterocycles. The van der Waals surface area contributed by atoms with Crippen molar-refractivity contribution in [3.63, 3.8) is 0 Å². The summed E-state index contributed by atoms with van der Waals surface area (Å²) in [5.74, 6) is -0.243. The highest BCUT2D eigenvalue weighted by molar-refractivity contribution is 6.33. The van der Waals surface area contributed by atoms with E-state index in [0.29, 0.717) is 21.9 Å². The summed E-state index contributed by atoms with van der Waals surface area (Å²) in [6.45, 7) is -0.300. The maximum atomic E-state index is 11.2. The van der Waals surface area contributed by atoms with Crippen LogP contribution in [0.15, 0.2) is 42.5 Å². The molecule has 0 spiro atoms. The number of carbonyl (C=O) groups is 1. The van der Waals surface area contributed by atoms with Gasteiger partial charge in [0.1, 0.15) is 5.75 Å². The van der Waals surface area contributed by atoms with E-state index in [1.54, 1.807) is 24.3 Å². The van der Waals surface area contributed by atoms with E-state index in [9.17, 15) is 14.9 Å². The minimum atomic E-state index is -0.552. The van der Waals surface area contributed by atoms with E-state index in [1.165, 1.54) is 25.3 Å². The molecular weight excluding hydrogens is 310 g/mol. The minimum Gasteiger partial charge on any atom is -0.481 e. The fourth-order valence-electron chi connectivity index (χ4n) is 1.84. The van der Waals surface area contributed by atoms with Gasteiger partial charge in [0.05, 0.1) is 12.0 Å². The van der Waals surface area contributed by atoms with Crippen LogP contribution >= 0.6 is 11.6 Å². The number of ether oxygens (including phenoxy) is 2. The van der Waals surface area contributed by atoms with Gasteiger partial charge in [-0.15, -0.1) is 0 Å². The molecule has 0 fully saturated rings. The second kappa shape index (κ2) is 6.91. The first kappa shape index (κ1) is 15.8. The predicted molar refractivity (Wildman–Crippen MR) is 81.1 cm³/mol. The van der Waals surface area contributed by atoms with Crippen LogP contribution in [0.5, 0.6) is 5.75 Å². The molecule has 6 nitrogen and oxygen atoms in total. The molecule has 114 valence electrons. The molecule has 7 heteroatoms. The number of nitro groups is 1. The van der Waals surface area contributed by atoms with Crippen molar-refractivity contribution in [2.45, 2.75) is 0 Å². The van der Waals surface area contributed by atoms with Crippen LogP contribution in [-0.4, -0.2) is 24.6 Å². The highest BCUT2D eigenvalue weighted by Gasteiger charge is 2.16. The molecule has 0 saturated carbocycles. The summed E-state index contributed by atoms with van der Waals surface area (Å²) in [6.07, 6.45) is 0. The Kier molecular flexibility index (Phi) is 4.95. The second-order valence-electron chi connectivity index (χ2n) is 4.28. The van der Waals surface area contributed by atoms with Crippen LogP contribution in [0.3, 0.4) is 0 Å². The molecule has 0 unspecified atom stereocenters. The lowest BCUT2D eigenvalue weighted by Crippen LogP contribution is -2.13. The van der Waals surface area contributed by atoms with Crippen LogP contribution in [-0.2, 0) is 9.53 Å². The van der Waals surface area contributed by atoms with E-state index in [4.69, 9.17) is 16.3 Å². The quantitative estimate of drug-likeness (QED) is 0.478. The number of hydrogen-bond donors (Lipinski definition) is 0. The van der Waals surface area contributed by atoms with E-state index < -0.39 is 10.9 Å². The molecule has 0 atom stereocenters. The van der Waals surface area contributed by atoms with Gasteiger partial charge in [0, 0.05) is 28.3 Å². The summed E-state index contributed by atoms with van der Waals surface area (Å²) < 4.78 is 9.88. The van der Waals surface area contributed by atoms with E-state index in [0.717, 1.165) is 0 Å². The Hall–Kier alpha value is -2.60. The van der Waals surface area contributed by atoms with Crippen LogP contribution < -0.4 is 4.74 Å². The molecular formula is C15H12ClNO5. The number of nitro benzene ring substituents is 1. The predicted octanol–water partition coefficient (Wildman–Crippen LogP) is 3.47. The summed E-state index contributed by atoms with van der Waals surface area (Å²) in [7, 11) is 1.25. The van der Waals surface area contributed by atoms with E-state index in [1.807, 2.05) is 0 Å². The first-order valence-corrected chi connectivity index (χ1v) is 6.63. The Morgan fingerprint density at radius 2 is 1.95 bits per heavy atom. The smallest absolute Gasteiger partial charge is 0.343 e. The second-order valence-corrected chi connectivity index (χ2v) is 4.69. The Labute approximate surface area is 131 Å². The van der Waals surface area contributed by atoms with Crippen molar-refractivity contribution in [2.75, 3.05) is 13.7 Å². The fourth-order valence-corrected chi connectivity index (χ4v) is 2.08. The largest absolute Gasteiger partial charge is 0.481 e. The van der Waals surface area contributed by atoms with E-state index in [2.05, 4.69) is 4.74 Å². The molecule has 0 radical (unpaired) electrons. The maximum Gasteiger partial charge on any atom is 0.343 e. The molecule has 0 amide bonds. The van der Waals surface area contributed by atoms with E-state index in [-0.39, 0.29) is 12.3 Å². The maximum absolute atomic E-state index is 11.2. The number of benzene rings is 2. The van der Waals surface area contributed by atoms with Gasteiger partial charge in [-0.25, -0.2) is 4.79 Å². The molecule has 0 aromatic heterocycles. The number of halogens is 1. The van der Waals surface area contributed by atoms with Crippen molar-refractivity contribution in [3.05, 3.63) is 57.6 Å². The number of rotatable bonds is 5. The summed E-state index contributed by atoms with van der Waals surface area (Å²) >= 11 is 6.14. The van der Waals surface area contributed by atoms with E-state index >= 15 is 0 Å². The van der Waals surface area contributed by atoms with Crippen LogP contribution in [0.1, 0.15) is 0 Å². The minimum absolute atomic E-state index is 0.0969. The van der Waals surface area contributed by atoms with Gasteiger partial charge in [-0.3, -0.25) is 10.1 Å². The molecule has 0 saturated heterocycles. The van der Waals surface area contributed by atoms with Crippen molar-refractivity contribution >= 4 is 23.3 Å². The Balaban J connectivity index is 2.47. The Morgan fingerprint density at radius 3 is 2.59 bits per heavy atom. The highest BCUT2D eigenvalue weighted by Crippen LogP contribution is 2.37. The first-order chi connectivity index (χ1) is 10.5. The van der Waals surface area contributed by atoms with Crippen molar-refractivity contribution in [3.8, 4) is 16.9 Å². The third-order valence-corrected chi connectivity index (χ3v) is 3.24. The number of non-ortho nitro benzene ring substituents is 1. The van der Waals surface area contributed by atoms with Crippen LogP contribution in [0.25, 0.3) is 11.1 Å². The third kappa shape index (κ3) is 3.53. The molecule has 2 rings (SSSR count). The number of nitrogens with zero attached hydrogens (tertiary/aromatic N) is 1. The monoisotopic (exact) mass is 321 g/mol. The molecule has 0 aliphatic rings. The van der Waals surface area contributed by atoms with Gasteiger partial charge in [-0.05, 0) is 12.1 Å². The topological polar surface area (TPSA) is 78.7 Å². The van der Waals surface area contributed by atoms with Crippen LogP contribution in [0, 0.1) is 10.1 Å². The molecule has 0 N–H and O–H groups in total. The molecule has 0 aliphatic heterocycles. The van der Waals surface area contributed by atoms with Crippen molar-refractivity contribution in [1.29, 1.82) is 0 Å². The normalized spacial score (nSPS) is 10.1. The average Bonchev–Trinajstić information content (AvgIpc) is 2.52. The number of carbonyl (C=O) groups excluding carboxylic acids is 1. The van der Waals surface area contributed by atoms with Crippen LogP contribution in [0.2, 0.25) is 5.02 Å². The SMILES string of the molecule is COC(=O)COc1ccc([N+](=O)[O-])cc1-c1ccccc1Cl. The van der Waals surface area contributed by atoms with Gasteiger partial charge in [0.25, 0.3) is 5.69 Å². The fraction of sp³-hybridized carbons (Fsp3) is 0.133. The van der Waals surface area contributed by atoms with Crippen molar-refractivity contribution in [2.24, 2.45) is 0 Å². The number of esters is 1. The van der Waals surface area contributed by atoms with Crippen LogP contribution in [0.4, 0.5) is 5.69 Å². The van der Waals surface area contributed by atoms with Gasteiger partial charge in [-0.1, -0.05) is 29.8 Å². The third-order valence-electron chi connectivity index (χ3n) is 2.91. The van der Waals surface area contributed by atoms with Crippen molar-refractivity contribution in [1.82, 2.24) is 0 Å². The standard InChI is InChI=1S/C15H12ClNO5/c1-21-15(18)9-22-14-7-6-10(17(19)20)8-12(14)11-4-2-3-5-13(11)16/h2-8H,9H2,1H3. The average molecular weight is 322 g/mol. The zero-order chi connectivity index (χ0) is 16.1. The van der Waals surface area contributed by atoms with Gasteiger partial charge in [0.2, 0.25) is 0 Å². The Bertz CT molecular complexity index is 717. The summed E-state index contributed by atoms with van der Waals surface area (Å²) in [5.41, 5.74) is 0.914. The lowest BCUT2D eigenvalue weighted by molar-refractivity contribution is -0.384. The zero-order valence-electron chi connectivity index (χ0n) is 11.6. The molecule has 2 aromatic carbocycles. The molecule has 2 aromatic rings. The molecule has 22 heavy (non-hydrogen) atoms. The van der Waals surface area contributed by atoms with Gasteiger partial charge < -0.3 is 9.47 Å². The lowest BCUT2D eigenvalue weighted by atomic mass is 10.0. The number of methoxy groups -OCH3 is 1. The van der Waals surface area contributed by atoms with Gasteiger partial charge >= 0.3 is 5.97 Å². The summed E-state index contributed by atoms with van der Waals surface area (Å²) in [6, 6.07) is 11.0. The van der Waals surface area contributed by atoms with Crippen molar-refractivity contribution < 1.29 is 19.2 Å². The highest BCUT2D eigenvalue weighted by atomic mass is 35.5. The number of hydrogen-bond acceptors (Lipinski definition) is 5. The zero-order valence-corrected chi connectivity index (χ0v) is 12.4. The van der Waals surface area contributed by atoms with Gasteiger partial charge in [0.15, 0.2) is 6.61 Å². The molecule has 0 bridgehead atoms. The summed E-state index contributed by atoms with van der Waals surface area (Å²) in [5, 5.41) is 11.4. The lowest BCUT2D eigenvalue weighted by Gasteiger charge is -2.12. The summed E-state index contributed by atoms with van der Waals surface area (Å²) in [4.78, 5) is 21.6. The Morgan fingerprint density at radius 1 is 1.23 bits per heavy atom. The first-order valence-electron chi connectivity index (χ1n) is 6.26. The molecule has 0 aliphatic carbocycles.